The van der Waals surface area contributed by atoms with E-state index in [-0.39, 0.29) is 11.9 Å². The first-order valence-electron chi connectivity index (χ1n) is 11.1. The first-order chi connectivity index (χ1) is 14.1. The third-order valence-corrected chi connectivity index (χ3v) is 6.96. The highest BCUT2D eigenvalue weighted by molar-refractivity contribution is 5.81. The minimum atomic E-state index is -0.585. The van der Waals surface area contributed by atoms with E-state index in [1.807, 2.05) is 20.0 Å². The van der Waals surface area contributed by atoms with E-state index in [2.05, 4.69) is 42.5 Å². The van der Waals surface area contributed by atoms with E-state index >= 15 is 0 Å². The Morgan fingerprint density at radius 3 is 2.45 bits per heavy atom. The molecule has 1 atom stereocenters. The van der Waals surface area contributed by atoms with Crippen molar-refractivity contribution in [1.29, 1.82) is 5.26 Å². The molecular weight excluding hydrogens is 360 g/mol. The summed E-state index contributed by atoms with van der Waals surface area (Å²) in [6, 6.07) is 12.8. The lowest BCUT2D eigenvalue weighted by Gasteiger charge is -2.41. The predicted octanol–water partition coefficient (Wildman–Crippen LogP) is 0.557. The Hall–Kier alpha value is -2.16. The summed E-state index contributed by atoms with van der Waals surface area (Å²) >= 11 is 0. The number of nitriles is 1. The molecule has 2 aliphatic rings. The maximum atomic E-state index is 13.2. The average molecular weight is 397 g/mol. The van der Waals surface area contributed by atoms with Gasteiger partial charge in [0.1, 0.15) is 31.7 Å². The number of benzene rings is 1. The van der Waals surface area contributed by atoms with Gasteiger partial charge in [-0.05, 0) is 31.4 Å². The number of carbonyl (C=O) groups is 1. The molecule has 2 N–H and O–H groups in total. The molecular formula is C24H36N4O+2. The van der Waals surface area contributed by atoms with Crippen molar-refractivity contribution in [2.45, 2.75) is 50.6 Å². The molecule has 1 aromatic carbocycles. The van der Waals surface area contributed by atoms with E-state index in [9.17, 15) is 10.1 Å². The van der Waals surface area contributed by atoms with Crippen molar-refractivity contribution in [3.63, 3.8) is 0 Å². The maximum absolute atomic E-state index is 13.2. The minimum Gasteiger partial charge on any atom is -0.322 e. The van der Waals surface area contributed by atoms with Crippen molar-refractivity contribution < 1.29 is 14.6 Å². The molecule has 0 radical (unpaired) electrons. The first-order valence-corrected chi connectivity index (χ1v) is 11.1. The fourth-order valence-corrected chi connectivity index (χ4v) is 4.82. The molecule has 5 nitrogen and oxygen atoms in total. The topological polar surface area (TPSA) is 53.0 Å². The molecule has 0 spiro atoms. The van der Waals surface area contributed by atoms with Gasteiger partial charge < -0.3 is 14.7 Å². The number of hydrogen-bond donors (Lipinski definition) is 2. The molecule has 1 saturated heterocycles. The number of rotatable bonds is 6. The molecule has 3 rings (SSSR count). The molecule has 0 bridgehead atoms. The van der Waals surface area contributed by atoms with Gasteiger partial charge in [0.25, 0.3) is 5.91 Å². The zero-order chi connectivity index (χ0) is 20.7. The molecule has 0 aromatic heterocycles. The van der Waals surface area contributed by atoms with Crippen molar-refractivity contribution in [1.82, 2.24) is 4.90 Å². The van der Waals surface area contributed by atoms with E-state index in [0.29, 0.717) is 0 Å². The second-order valence-electron chi connectivity index (χ2n) is 8.75. The molecule has 1 amide bonds. The standard InChI is InChI=1S/C24H34N4O/c1-21(23(29)26(2)24(20-25)13-7-4-8-14-24)28-18-16-27(17-19-28)15-9-12-22-10-5-3-6-11-22/h3,5-6,9-12,21H,4,7-8,13-19H2,1-2H3/p+2/b12-9+/t21-/m1/s1. The van der Waals surface area contributed by atoms with Gasteiger partial charge in [0.15, 0.2) is 6.04 Å². The van der Waals surface area contributed by atoms with E-state index < -0.39 is 5.54 Å². The third-order valence-electron chi connectivity index (χ3n) is 6.96. The summed E-state index contributed by atoms with van der Waals surface area (Å²) in [5.41, 5.74) is 0.658. The Kier molecular flexibility index (Phi) is 7.46. The largest absolute Gasteiger partial charge is 0.322 e. The van der Waals surface area contributed by atoms with Crippen LogP contribution in [0.3, 0.4) is 0 Å². The molecule has 1 heterocycles. The van der Waals surface area contributed by atoms with Crippen molar-refractivity contribution in [3.8, 4) is 6.07 Å². The normalized spacial score (nSPS) is 25.3. The maximum Gasteiger partial charge on any atom is 0.281 e. The van der Waals surface area contributed by atoms with Gasteiger partial charge in [-0.2, -0.15) is 5.26 Å². The van der Waals surface area contributed by atoms with E-state index in [4.69, 9.17) is 0 Å². The number of quaternary nitrogens is 2. The SMILES string of the molecule is C[C@H](C(=O)N(C)C1(C#N)CCCCC1)[NH+]1CC[NH+](C/C=C/c2ccccc2)CC1. The van der Waals surface area contributed by atoms with Gasteiger partial charge in [-0.25, -0.2) is 0 Å². The summed E-state index contributed by atoms with van der Waals surface area (Å²) in [6.07, 6.45) is 9.36. The first kappa shape index (κ1) is 21.5. The number of hydrogen-bond acceptors (Lipinski definition) is 2. The van der Waals surface area contributed by atoms with E-state index in [1.165, 1.54) is 16.9 Å². The van der Waals surface area contributed by atoms with Crippen LogP contribution in [0.25, 0.3) is 6.08 Å². The van der Waals surface area contributed by atoms with Crippen LogP contribution in [0.2, 0.25) is 0 Å². The van der Waals surface area contributed by atoms with Crippen molar-refractivity contribution in [2.75, 3.05) is 39.8 Å². The number of likely N-dealkylation sites (N-methyl/N-ethyl adjacent to an activating group) is 1. The van der Waals surface area contributed by atoms with Crippen LogP contribution in [0.4, 0.5) is 0 Å². The molecule has 1 aliphatic heterocycles. The van der Waals surface area contributed by atoms with Gasteiger partial charge in [-0.1, -0.05) is 55.7 Å². The van der Waals surface area contributed by atoms with Crippen molar-refractivity contribution in [2.24, 2.45) is 0 Å². The average Bonchev–Trinajstić information content (AvgIpc) is 2.79. The molecule has 0 unspecified atom stereocenters. The molecule has 5 heteroatoms. The Morgan fingerprint density at radius 1 is 1.17 bits per heavy atom. The minimum absolute atomic E-state index is 0.0754. The van der Waals surface area contributed by atoms with Crippen LogP contribution in [-0.2, 0) is 4.79 Å². The van der Waals surface area contributed by atoms with Crippen LogP contribution in [0, 0.1) is 11.3 Å². The smallest absolute Gasteiger partial charge is 0.281 e. The van der Waals surface area contributed by atoms with Gasteiger partial charge in [0.05, 0.1) is 12.6 Å². The van der Waals surface area contributed by atoms with Crippen molar-refractivity contribution >= 4 is 12.0 Å². The molecule has 156 valence electrons. The Morgan fingerprint density at radius 2 is 1.83 bits per heavy atom. The summed E-state index contributed by atoms with van der Waals surface area (Å²) in [4.78, 5) is 17.9. The fraction of sp³-hybridized carbons (Fsp3) is 0.583. The molecule has 29 heavy (non-hydrogen) atoms. The quantitative estimate of drug-likeness (QED) is 0.738. The number of nitrogens with one attached hydrogen (secondary N) is 2. The lowest BCUT2D eigenvalue weighted by Crippen LogP contribution is -3.30. The zero-order valence-electron chi connectivity index (χ0n) is 18.0. The number of amides is 1. The Bertz CT molecular complexity index is 725. The highest BCUT2D eigenvalue weighted by atomic mass is 16.2. The van der Waals surface area contributed by atoms with E-state index in [1.54, 1.807) is 9.80 Å². The van der Waals surface area contributed by atoms with Crippen LogP contribution < -0.4 is 9.80 Å². The molecule has 2 fully saturated rings. The van der Waals surface area contributed by atoms with Gasteiger partial charge in [0.2, 0.25) is 0 Å². The van der Waals surface area contributed by atoms with Gasteiger partial charge in [-0.15, -0.1) is 0 Å². The van der Waals surface area contributed by atoms with Crippen LogP contribution in [0.1, 0.15) is 44.6 Å². The summed E-state index contributed by atoms with van der Waals surface area (Å²) < 4.78 is 0. The van der Waals surface area contributed by atoms with Crippen LogP contribution in [0.5, 0.6) is 0 Å². The van der Waals surface area contributed by atoms with Gasteiger partial charge in [0, 0.05) is 7.05 Å². The van der Waals surface area contributed by atoms with Crippen LogP contribution in [-0.4, -0.2) is 62.2 Å². The summed E-state index contributed by atoms with van der Waals surface area (Å²) in [5.74, 6) is 0.135. The number of nitrogens with zero attached hydrogens (tertiary/aromatic N) is 2. The summed E-state index contributed by atoms with van der Waals surface area (Å²) in [7, 11) is 1.85. The zero-order valence-corrected chi connectivity index (χ0v) is 18.0. The molecule has 1 saturated carbocycles. The fourth-order valence-electron chi connectivity index (χ4n) is 4.82. The lowest BCUT2D eigenvalue weighted by atomic mass is 9.81. The highest BCUT2D eigenvalue weighted by Crippen LogP contribution is 2.32. The summed E-state index contributed by atoms with van der Waals surface area (Å²) in [5, 5.41) is 9.79. The number of carbonyl (C=O) groups excluding carboxylic acids is 1. The van der Waals surface area contributed by atoms with Gasteiger partial charge >= 0.3 is 0 Å². The van der Waals surface area contributed by atoms with Crippen molar-refractivity contribution in [3.05, 3.63) is 42.0 Å². The third kappa shape index (κ3) is 5.26. The Balaban J connectivity index is 1.49. The predicted molar refractivity (Wildman–Crippen MR) is 115 cm³/mol. The van der Waals surface area contributed by atoms with Crippen LogP contribution >= 0.6 is 0 Å². The monoisotopic (exact) mass is 396 g/mol. The molecule has 1 aliphatic carbocycles. The highest BCUT2D eigenvalue weighted by Gasteiger charge is 2.42. The van der Waals surface area contributed by atoms with Crippen LogP contribution in [0.15, 0.2) is 36.4 Å². The second-order valence-corrected chi connectivity index (χ2v) is 8.75. The summed E-state index contributed by atoms with van der Waals surface area (Å²) in [6.45, 7) is 7.26. The lowest BCUT2D eigenvalue weighted by molar-refractivity contribution is -1.02. The molecule has 1 aromatic rings. The Labute approximate surface area is 175 Å². The second kappa shape index (κ2) is 10.0. The van der Waals surface area contributed by atoms with Gasteiger partial charge in [-0.3, -0.25) is 4.79 Å². The number of piperazine rings is 1. The van der Waals surface area contributed by atoms with E-state index in [0.717, 1.165) is 58.4 Å².